The first kappa shape index (κ1) is 27.1. The van der Waals surface area contributed by atoms with Crippen LogP contribution in [0.4, 0.5) is 0 Å². The molecule has 2 unspecified atom stereocenters. The second kappa shape index (κ2) is 10.9. The van der Waals surface area contributed by atoms with Crippen LogP contribution in [0.25, 0.3) is 11.3 Å². The van der Waals surface area contributed by atoms with Crippen molar-refractivity contribution in [2.24, 2.45) is 0 Å². The van der Waals surface area contributed by atoms with Gasteiger partial charge in [0.2, 0.25) is 0 Å². The van der Waals surface area contributed by atoms with Crippen LogP contribution in [0.1, 0.15) is 52.1 Å². The van der Waals surface area contributed by atoms with Gasteiger partial charge >= 0.3 is 5.97 Å². The van der Waals surface area contributed by atoms with Crippen LogP contribution in [0.3, 0.4) is 0 Å². The summed E-state index contributed by atoms with van der Waals surface area (Å²) in [5, 5.41) is 15.7. The van der Waals surface area contributed by atoms with Gasteiger partial charge in [-0.05, 0) is 53.9 Å². The van der Waals surface area contributed by atoms with Crippen molar-refractivity contribution >= 4 is 40.8 Å². The van der Waals surface area contributed by atoms with Crippen molar-refractivity contribution < 1.29 is 18.8 Å². The van der Waals surface area contributed by atoms with Crippen molar-refractivity contribution in [3.63, 3.8) is 0 Å². The Bertz CT molecular complexity index is 1570. The van der Waals surface area contributed by atoms with E-state index < -0.39 is 11.4 Å². The van der Waals surface area contributed by atoms with E-state index >= 15 is 0 Å². The zero-order valence-electron chi connectivity index (χ0n) is 21.1. The standard InChI is InChI=1S/C30H23Cl3N2O4/c1-3-26-21(28(35-39-26)27-23(31)5-4-6-24(27)32)15-38-19-11-12-20(25(33)13-19)22-14-30(22,16-34)18-9-7-17(8-10-18)29(36)37-2/h4-13,22H,3,14-15H2,1-2H3. The number of carbonyl (C=O) groups excluding carboxylic acids is 1. The highest BCUT2D eigenvalue weighted by molar-refractivity contribution is 6.39. The van der Waals surface area contributed by atoms with Crippen molar-refractivity contribution in [1.29, 1.82) is 5.26 Å². The fraction of sp³-hybridized carbons (Fsp3) is 0.233. The number of benzene rings is 3. The monoisotopic (exact) mass is 580 g/mol. The summed E-state index contributed by atoms with van der Waals surface area (Å²) in [6.07, 6.45) is 1.25. The van der Waals surface area contributed by atoms with Crippen molar-refractivity contribution in [3.05, 3.63) is 104 Å². The molecule has 0 spiro atoms. The number of carbonyl (C=O) groups is 1. The van der Waals surface area contributed by atoms with E-state index in [2.05, 4.69) is 11.2 Å². The number of ether oxygens (including phenoxy) is 2. The fourth-order valence-electron chi connectivity index (χ4n) is 4.89. The van der Waals surface area contributed by atoms with Gasteiger partial charge in [-0.2, -0.15) is 5.26 Å². The second-order valence-corrected chi connectivity index (χ2v) is 10.5. The molecule has 0 N–H and O–H groups in total. The third-order valence-electron chi connectivity index (χ3n) is 7.10. The van der Waals surface area contributed by atoms with Gasteiger partial charge in [0, 0.05) is 22.9 Å². The number of aromatic nitrogens is 1. The van der Waals surface area contributed by atoms with E-state index in [1.54, 1.807) is 48.5 Å². The maximum Gasteiger partial charge on any atom is 0.337 e. The van der Waals surface area contributed by atoms with Crippen LogP contribution in [-0.2, 0) is 23.2 Å². The maximum atomic E-state index is 11.8. The summed E-state index contributed by atoms with van der Waals surface area (Å²) in [7, 11) is 1.33. The van der Waals surface area contributed by atoms with Gasteiger partial charge < -0.3 is 14.0 Å². The minimum absolute atomic E-state index is 0.0771. The van der Waals surface area contributed by atoms with Crippen LogP contribution in [0, 0.1) is 11.3 Å². The van der Waals surface area contributed by atoms with Crippen LogP contribution in [0.15, 0.2) is 65.2 Å². The first-order valence-corrected chi connectivity index (χ1v) is 13.4. The van der Waals surface area contributed by atoms with Gasteiger partial charge in [-0.3, -0.25) is 0 Å². The topological polar surface area (TPSA) is 85.4 Å². The molecule has 1 aliphatic rings. The molecule has 1 aliphatic carbocycles. The van der Waals surface area contributed by atoms with Crippen molar-refractivity contribution in [2.75, 3.05) is 7.11 Å². The van der Waals surface area contributed by atoms with Gasteiger partial charge in [-0.25, -0.2) is 4.79 Å². The summed E-state index contributed by atoms with van der Waals surface area (Å²) < 4.78 is 16.4. The molecule has 1 aromatic heterocycles. The van der Waals surface area contributed by atoms with Gasteiger partial charge in [-0.15, -0.1) is 0 Å². The van der Waals surface area contributed by atoms with Gasteiger partial charge in [0.25, 0.3) is 0 Å². The largest absolute Gasteiger partial charge is 0.489 e. The number of nitriles is 1. The van der Waals surface area contributed by atoms with E-state index in [1.165, 1.54) is 7.11 Å². The van der Waals surface area contributed by atoms with Gasteiger partial charge in [-0.1, -0.05) is 71.1 Å². The van der Waals surface area contributed by atoms with E-state index in [4.69, 9.17) is 48.8 Å². The zero-order valence-corrected chi connectivity index (χ0v) is 23.4. The Morgan fingerprint density at radius 2 is 1.82 bits per heavy atom. The fourth-order valence-corrected chi connectivity index (χ4v) is 5.77. The average molecular weight is 582 g/mol. The molecular formula is C30H23Cl3N2O4. The lowest BCUT2D eigenvalue weighted by Crippen LogP contribution is -2.08. The van der Waals surface area contributed by atoms with Crippen LogP contribution in [0.5, 0.6) is 5.75 Å². The molecule has 6 nitrogen and oxygen atoms in total. The Kier molecular flexibility index (Phi) is 7.59. The number of rotatable bonds is 8. The first-order chi connectivity index (χ1) is 18.8. The molecule has 9 heteroatoms. The molecule has 0 bridgehead atoms. The summed E-state index contributed by atoms with van der Waals surface area (Å²) >= 11 is 19.5. The molecule has 0 radical (unpaired) electrons. The molecule has 1 saturated carbocycles. The molecule has 198 valence electrons. The van der Waals surface area contributed by atoms with E-state index in [0.29, 0.717) is 56.2 Å². The molecule has 4 aromatic rings. The molecule has 3 aromatic carbocycles. The van der Waals surface area contributed by atoms with E-state index in [1.807, 2.05) is 19.1 Å². The molecule has 1 fully saturated rings. The quantitative estimate of drug-likeness (QED) is 0.195. The summed E-state index contributed by atoms with van der Waals surface area (Å²) in [5.41, 5.74) is 3.33. The highest BCUT2D eigenvalue weighted by Crippen LogP contribution is 2.61. The number of halogens is 3. The van der Waals surface area contributed by atoms with Crippen LogP contribution >= 0.6 is 34.8 Å². The lowest BCUT2D eigenvalue weighted by Gasteiger charge is -2.13. The number of esters is 1. The number of hydrogen-bond donors (Lipinski definition) is 0. The van der Waals surface area contributed by atoms with E-state index in [-0.39, 0.29) is 12.5 Å². The number of methoxy groups -OCH3 is 1. The Labute approximate surface area is 241 Å². The number of aryl methyl sites for hydroxylation is 1. The second-order valence-electron chi connectivity index (χ2n) is 9.26. The Balaban J connectivity index is 1.35. The average Bonchev–Trinajstić information content (AvgIpc) is 3.55. The molecule has 2 atom stereocenters. The van der Waals surface area contributed by atoms with E-state index in [9.17, 15) is 10.1 Å². The van der Waals surface area contributed by atoms with Crippen molar-refractivity contribution in [2.45, 2.75) is 37.7 Å². The highest BCUT2D eigenvalue weighted by atomic mass is 35.5. The highest BCUT2D eigenvalue weighted by Gasteiger charge is 2.57. The number of nitrogens with zero attached hydrogens (tertiary/aromatic N) is 2. The summed E-state index contributed by atoms with van der Waals surface area (Å²) in [6, 6.07) is 20.2. The first-order valence-electron chi connectivity index (χ1n) is 12.3. The molecule has 0 saturated heterocycles. The predicted octanol–water partition coefficient (Wildman–Crippen LogP) is 8.18. The minimum atomic E-state index is -0.706. The molecule has 39 heavy (non-hydrogen) atoms. The maximum absolute atomic E-state index is 11.8. The number of hydrogen-bond acceptors (Lipinski definition) is 6. The molecule has 5 rings (SSSR count). The van der Waals surface area contributed by atoms with Gasteiger partial charge in [0.1, 0.15) is 23.8 Å². The third-order valence-corrected chi connectivity index (χ3v) is 8.06. The summed E-state index contributed by atoms with van der Waals surface area (Å²) in [5.74, 6) is 0.747. The van der Waals surface area contributed by atoms with Gasteiger partial charge in [0.15, 0.2) is 0 Å². The SMILES string of the molecule is CCc1onc(-c2c(Cl)cccc2Cl)c1COc1ccc(C2CC2(C#N)c2ccc(C(=O)OC)cc2)c(Cl)c1. The van der Waals surface area contributed by atoms with Crippen LogP contribution in [0.2, 0.25) is 15.1 Å². The molecule has 0 amide bonds. The van der Waals surface area contributed by atoms with Crippen LogP contribution < -0.4 is 4.74 Å². The zero-order chi connectivity index (χ0) is 27.7. The molecular weight excluding hydrogens is 559 g/mol. The van der Waals surface area contributed by atoms with Gasteiger partial charge in [0.05, 0.1) is 39.8 Å². The summed E-state index contributed by atoms with van der Waals surface area (Å²) in [4.78, 5) is 11.8. The Morgan fingerprint density at radius 1 is 1.10 bits per heavy atom. The minimum Gasteiger partial charge on any atom is -0.489 e. The Hall–Kier alpha value is -3.50. The molecule has 1 heterocycles. The van der Waals surface area contributed by atoms with Crippen molar-refractivity contribution in [1.82, 2.24) is 5.16 Å². The normalized spacial score (nSPS) is 17.9. The van der Waals surface area contributed by atoms with E-state index in [0.717, 1.165) is 16.7 Å². The third kappa shape index (κ3) is 4.98. The molecule has 0 aliphatic heterocycles. The Morgan fingerprint density at radius 3 is 2.44 bits per heavy atom. The lowest BCUT2D eigenvalue weighted by molar-refractivity contribution is 0.0600. The summed E-state index contributed by atoms with van der Waals surface area (Å²) in [6.45, 7) is 2.14. The lowest BCUT2D eigenvalue weighted by atomic mass is 9.91. The smallest absolute Gasteiger partial charge is 0.337 e. The van der Waals surface area contributed by atoms with Crippen LogP contribution in [-0.4, -0.2) is 18.2 Å². The van der Waals surface area contributed by atoms with Crippen molar-refractivity contribution in [3.8, 4) is 23.1 Å². The predicted molar refractivity (Wildman–Crippen MR) is 150 cm³/mol.